The molecule has 50 heavy (non-hydrogen) atoms. The summed E-state index contributed by atoms with van der Waals surface area (Å²) in [5.74, 6) is -0.782. The number of rotatable bonds is 14. The number of hydrogen-bond donors (Lipinski definition) is 0. The molecular weight excluding hydrogens is 796 g/mol. The van der Waals surface area contributed by atoms with E-state index >= 15 is 0 Å². The van der Waals surface area contributed by atoms with Crippen molar-refractivity contribution < 1.29 is 37.1 Å². The Balaban J connectivity index is 2.90. The molecule has 1 fully saturated rings. The number of hydrogen-bond acceptors (Lipinski definition) is 8. The molecule has 0 aliphatic carbocycles. The van der Waals surface area contributed by atoms with Gasteiger partial charge in [-0.05, 0) is 89.5 Å². The summed E-state index contributed by atoms with van der Waals surface area (Å²) in [4.78, 5) is 25.6. The van der Waals surface area contributed by atoms with Gasteiger partial charge in [0.25, 0.3) is 0 Å². The van der Waals surface area contributed by atoms with E-state index in [1.165, 1.54) is 6.92 Å². The van der Waals surface area contributed by atoms with Crippen LogP contribution in [0.1, 0.15) is 92.4 Å². The van der Waals surface area contributed by atoms with Gasteiger partial charge in [0, 0.05) is 6.92 Å². The first-order valence-corrected chi connectivity index (χ1v) is 28.0. The second kappa shape index (κ2) is 17.5. The average Bonchev–Trinajstić information content (AvgIpc) is 2.95. The minimum atomic E-state index is -2.50. The lowest BCUT2D eigenvalue weighted by molar-refractivity contribution is -0.230. The standard InChI is InChI=1S/C38H67IO8Si3/c1-27(40)42-26-20-23-29-31(44-35(41)28-21-18-17-19-22-28)33(46-49(13,14)37(5,6)7)34(47-50(15,16)38(8,9)10)32(43-29)30(24-25-39)45-48(11,12)36(2,3)4/h17-19,21-22,24-25,29-34H,20,23,26H2,1-16H3/b25-24+/t29?,30?,31?,32-,33?,34?/m0/s1. The summed E-state index contributed by atoms with van der Waals surface area (Å²) in [6.07, 6.45) is -0.576. The second-order valence-corrected chi connectivity index (χ2v) is 33.2. The average molecular weight is 863 g/mol. The third-order valence-electron chi connectivity index (χ3n) is 11.2. The van der Waals surface area contributed by atoms with Crippen LogP contribution in [0.5, 0.6) is 0 Å². The molecule has 0 radical (unpaired) electrons. The number of esters is 2. The molecule has 8 nitrogen and oxygen atoms in total. The first-order chi connectivity index (χ1) is 22.6. The number of ether oxygens (including phenoxy) is 3. The Bertz CT molecular complexity index is 1280. The SMILES string of the molecule is CC(=O)OCCCC1O[C@@H](C(/C=C/I)O[Si](C)(C)C(C)(C)C)C(O[Si](C)(C)C(C)(C)C)C(O[Si](C)(C)C(C)(C)C)C1OC(=O)c1ccccc1. The molecule has 286 valence electrons. The summed E-state index contributed by atoms with van der Waals surface area (Å²) >= 11 is 2.25. The molecule has 2 rings (SSSR count). The Kier molecular flexibility index (Phi) is 15.9. The molecule has 0 N–H and O–H groups in total. The van der Waals surface area contributed by atoms with Crippen LogP contribution in [0.25, 0.3) is 0 Å². The van der Waals surface area contributed by atoms with Crippen LogP contribution in [0.15, 0.2) is 40.5 Å². The lowest BCUT2D eigenvalue weighted by atomic mass is 9.90. The number of benzene rings is 1. The highest BCUT2D eigenvalue weighted by Gasteiger charge is 2.57. The Morgan fingerprint density at radius 3 is 1.76 bits per heavy atom. The summed E-state index contributed by atoms with van der Waals surface area (Å²) in [6.45, 7) is 35.1. The maximum Gasteiger partial charge on any atom is 0.338 e. The van der Waals surface area contributed by atoms with E-state index in [2.05, 4.69) is 130 Å². The molecule has 1 aromatic rings. The molecule has 0 saturated carbocycles. The maximum atomic E-state index is 13.9. The Morgan fingerprint density at radius 1 is 0.800 bits per heavy atom. The van der Waals surface area contributed by atoms with Crippen LogP contribution in [0.3, 0.4) is 0 Å². The van der Waals surface area contributed by atoms with Gasteiger partial charge in [-0.15, -0.1) is 0 Å². The molecule has 5 unspecified atom stereocenters. The van der Waals surface area contributed by atoms with Crippen LogP contribution >= 0.6 is 22.6 Å². The predicted molar refractivity (Wildman–Crippen MR) is 220 cm³/mol. The number of carbonyl (C=O) groups is 2. The largest absolute Gasteiger partial charge is 0.466 e. The molecule has 0 spiro atoms. The Labute approximate surface area is 320 Å². The van der Waals surface area contributed by atoms with E-state index in [9.17, 15) is 9.59 Å². The van der Waals surface area contributed by atoms with Crippen molar-refractivity contribution in [2.24, 2.45) is 0 Å². The topological polar surface area (TPSA) is 89.5 Å². The molecule has 1 aliphatic heterocycles. The maximum absolute atomic E-state index is 13.9. The highest BCUT2D eigenvalue weighted by Crippen LogP contribution is 2.46. The third-order valence-corrected chi connectivity index (χ3v) is 25.0. The molecule has 0 amide bonds. The van der Waals surface area contributed by atoms with E-state index in [1.807, 2.05) is 22.3 Å². The quantitative estimate of drug-likeness (QED) is 0.0791. The lowest BCUT2D eigenvalue weighted by Gasteiger charge is -2.54. The fourth-order valence-electron chi connectivity index (χ4n) is 4.95. The van der Waals surface area contributed by atoms with Crippen molar-refractivity contribution in [3.05, 3.63) is 46.1 Å². The Morgan fingerprint density at radius 2 is 1.30 bits per heavy atom. The van der Waals surface area contributed by atoms with Gasteiger partial charge in [0.05, 0.1) is 24.4 Å². The smallest absolute Gasteiger partial charge is 0.338 e. The van der Waals surface area contributed by atoms with Gasteiger partial charge in [0.1, 0.15) is 18.3 Å². The highest BCUT2D eigenvalue weighted by molar-refractivity contribution is 14.1. The fourth-order valence-corrected chi connectivity index (χ4v) is 9.22. The van der Waals surface area contributed by atoms with Crippen LogP contribution in [-0.4, -0.2) is 80.1 Å². The second-order valence-electron chi connectivity index (χ2n) is 18.2. The highest BCUT2D eigenvalue weighted by atomic mass is 127. The molecular formula is C38H67IO8Si3. The molecule has 1 aliphatic rings. The van der Waals surface area contributed by atoms with Gasteiger partial charge >= 0.3 is 11.9 Å². The van der Waals surface area contributed by atoms with Crippen molar-refractivity contribution in [3.8, 4) is 0 Å². The number of carbonyl (C=O) groups excluding carboxylic acids is 2. The van der Waals surface area contributed by atoms with Gasteiger partial charge < -0.3 is 27.5 Å². The summed E-state index contributed by atoms with van der Waals surface area (Å²) in [7, 11) is -7.30. The molecule has 0 bridgehead atoms. The van der Waals surface area contributed by atoms with Crippen molar-refractivity contribution in [2.45, 2.75) is 173 Å². The molecule has 1 aromatic carbocycles. The minimum Gasteiger partial charge on any atom is -0.466 e. The van der Waals surface area contributed by atoms with Crippen molar-refractivity contribution in [2.75, 3.05) is 6.61 Å². The van der Waals surface area contributed by atoms with Gasteiger partial charge in [-0.2, -0.15) is 0 Å². The van der Waals surface area contributed by atoms with E-state index in [0.29, 0.717) is 18.4 Å². The normalized spacial score (nSPS) is 23.5. The van der Waals surface area contributed by atoms with Gasteiger partial charge in [0.15, 0.2) is 31.1 Å². The summed E-state index contributed by atoms with van der Waals surface area (Å²) < 4.78 is 43.1. The monoisotopic (exact) mass is 862 g/mol. The van der Waals surface area contributed by atoms with Gasteiger partial charge in [-0.3, -0.25) is 4.79 Å². The zero-order valence-electron chi connectivity index (χ0n) is 33.8. The van der Waals surface area contributed by atoms with Crippen LogP contribution in [-0.2, 0) is 32.3 Å². The molecule has 0 aromatic heterocycles. The van der Waals surface area contributed by atoms with Crippen molar-refractivity contribution in [3.63, 3.8) is 0 Å². The first kappa shape index (κ1) is 45.3. The van der Waals surface area contributed by atoms with E-state index in [1.54, 1.807) is 12.1 Å². The van der Waals surface area contributed by atoms with Crippen molar-refractivity contribution in [1.29, 1.82) is 0 Å². The number of halogens is 1. The predicted octanol–water partition coefficient (Wildman–Crippen LogP) is 10.4. The molecule has 12 heteroatoms. The van der Waals surface area contributed by atoms with Gasteiger partial charge in [-0.25, -0.2) is 4.79 Å². The van der Waals surface area contributed by atoms with Crippen LogP contribution in [0.2, 0.25) is 54.4 Å². The lowest BCUT2D eigenvalue weighted by Crippen LogP contribution is -2.68. The van der Waals surface area contributed by atoms with Crippen molar-refractivity contribution in [1.82, 2.24) is 0 Å². The van der Waals surface area contributed by atoms with E-state index in [-0.39, 0.29) is 27.7 Å². The van der Waals surface area contributed by atoms with E-state index < -0.39 is 67.5 Å². The third kappa shape index (κ3) is 12.1. The van der Waals surface area contributed by atoms with E-state index in [4.69, 9.17) is 27.5 Å². The Hall–Kier alpha value is -0.879. The van der Waals surface area contributed by atoms with Crippen LogP contribution in [0.4, 0.5) is 0 Å². The minimum absolute atomic E-state index is 0.0525. The first-order valence-electron chi connectivity index (χ1n) is 18.0. The molecule has 1 heterocycles. The molecule has 6 atom stereocenters. The van der Waals surface area contributed by atoms with Crippen LogP contribution in [0, 0.1) is 0 Å². The zero-order chi connectivity index (χ0) is 38.5. The van der Waals surface area contributed by atoms with E-state index in [0.717, 1.165) is 0 Å². The summed E-state index contributed by atoms with van der Waals surface area (Å²) in [5.41, 5.74) is 0.452. The van der Waals surface area contributed by atoms with Crippen LogP contribution < -0.4 is 0 Å². The summed E-state index contributed by atoms with van der Waals surface area (Å²) in [5, 5.41) is -0.311. The zero-order valence-corrected chi connectivity index (χ0v) is 38.9. The molecule has 1 saturated heterocycles. The fraction of sp³-hybridized carbons (Fsp3) is 0.737. The summed E-state index contributed by atoms with van der Waals surface area (Å²) in [6, 6.07) is 9.04. The van der Waals surface area contributed by atoms with Crippen molar-refractivity contribution >= 4 is 59.5 Å². The van der Waals surface area contributed by atoms with Gasteiger partial charge in [-0.1, -0.05) is 103 Å². The van der Waals surface area contributed by atoms with Gasteiger partial charge in [0.2, 0.25) is 0 Å².